The summed E-state index contributed by atoms with van der Waals surface area (Å²) in [6, 6.07) is 0. The molecule has 0 aromatic rings. The molecule has 0 aliphatic rings. The van der Waals surface area contributed by atoms with E-state index in [2.05, 4.69) is 27.7 Å². The summed E-state index contributed by atoms with van der Waals surface area (Å²) in [4.78, 5) is 23.1. The molecular formula is C20H36O4. The lowest BCUT2D eigenvalue weighted by atomic mass is 10.0. The molecule has 0 unspecified atom stereocenters. The molecule has 0 aliphatic heterocycles. The van der Waals surface area contributed by atoms with Gasteiger partial charge in [0.25, 0.3) is 0 Å². The van der Waals surface area contributed by atoms with Crippen LogP contribution in [0, 0.1) is 11.8 Å². The quantitative estimate of drug-likeness (QED) is 0.327. The summed E-state index contributed by atoms with van der Waals surface area (Å²) in [6.45, 7) is 9.47. The Kier molecular flexibility index (Phi) is 14.4. The molecule has 0 saturated heterocycles. The van der Waals surface area contributed by atoms with Crippen LogP contribution in [0.2, 0.25) is 0 Å². The molecule has 0 fully saturated rings. The van der Waals surface area contributed by atoms with Gasteiger partial charge in [0.2, 0.25) is 0 Å². The molecular weight excluding hydrogens is 304 g/mol. The van der Waals surface area contributed by atoms with E-state index in [9.17, 15) is 9.59 Å². The number of carbonyl (C=O) groups is 2. The van der Waals surface area contributed by atoms with E-state index in [4.69, 9.17) is 9.47 Å². The van der Waals surface area contributed by atoms with Gasteiger partial charge in [0.15, 0.2) is 0 Å². The summed E-state index contributed by atoms with van der Waals surface area (Å²) in [5.74, 6) is 0.152. The van der Waals surface area contributed by atoms with Crippen LogP contribution in [0.4, 0.5) is 0 Å². The van der Waals surface area contributed by atoms with Crippen molar-refractivity contribution in [2.24, 2.45) is 11.8 Å². The van der Waals surface area contributed by atoms with Gasteiger partial charge in [-0.3, -0.25) is 0 Å². The third-order valence-corrected chi connectivity index (χ3v) is 4.17. The van der Waals surface area contributed by atoms with E-state index in [-0.39, 0.29) is 0 Å². The Hall–Kier alpha value is -1.32. The Balaban J connectivity index is 3.75. The molecule has 0 saturated carbocycles. The van der Waals surface area contributed by atoms with E-state index in [1.165, 1.54) is 25.7 Å². The molecule has 0 aromatic heterocycles. The minimum atomic E-state index is -0.481. The van der Waals surface area contributed by atoms with Crippen LogP contribution in [0.5, 0.6) is 0 Å². The number of carbonyl (C=O) groups excluding carboxylic acids is 2. The van der Waals surface area contributed by atoms with E-state index in [0.29, 0.717) is 25.0 Å². The lowest BCUT2D eigenvalue weighted by Gasteiger charge is -2.10. The summed E-state index contributed by atoms with van der Waals surface area (Å²) in [6.07, 6.45) is 11.1. The Morgan fingerprint density at radius 2 is 1.12 bits per heavy atom. The number of rotatable bonds is 14. The molecule has 0 spiro atoms. The summed E-state index contributed by atoms with van der Waals surface area (Å²) in [5, 5.41) is 0. The first kappa shape index (κ1) is 22.7. The van der Waals surface area contributed by atoms with Crippen molar-refractivity contribution in [3.63, 3.8) is 0 Å². The maximum absolute atomic E-state index is 11.5. The van der Waals surface area contributed by atoms with E-state index >= 15 is 0 Å². The third kappa shape index (κ3) is 14.3. The highest BCUT2D eigenvalue weighted by Crippen LogP contribution is 2.12. The van der Waals surface area contributed by atoms with Crippen LogP contribution < -0.4 is 0 Å². The minimum absolute atomic E-state index is 0.401. The van der Waals surface area contributed by atoms with Gasteiger partial charge in [-0.15, -0.1) is 0 Å². The van der Waals surface area contributed by atoms with Crippen LogP contribution >= 0.6 is 0 Å². The van der Waals surface area contributed by atoms with E-state index in [0.717, 1.165) is 37.8 Å². The molecule has 0 amide bonds. The number of esters is 2. The van der Waals surface area contributed by atoms with Crippen molar-refractivity contribution in [1.29, 1.82) is 0 Å². The minimum Gasteiger partial charge on any atom is -0.463 e. The van der Waals surface area contributed by atoms with Crippen molar-refractivity contribution in [2.45, 2.75) is 79.1 Å². The average Bonchev–Trinajstić information content (AvgIpc) is 2.56. The topological polar surface area (TPSA) is 52.6 Å². The Labute approximate surface area is 148 Å². The van der Waals surface area contributed by atoms with Crippen molar-refractivity contribution < 1.29 is 19.1 Å². The number of hydrogen-bond donors (Lipinski definition) is 0. The van der Waals surface area contributed by atoms with E-state index in [1.54, 1.807) is 0 Å². The molecule has 4 nitrogen and oxygen atoms in total. The molecule has 0 N–H and O–H groups in total. The number of ether oxygens (including phenoxy) is 2. The Morgan fingerprint density at radius 1 is 0.750 bits per heavy atom. The van der Waals surface area contributed by atoms with Gasteiger partial charge < -0.3 is 9.47 Å². The maximum Gasteiger partial charge on any atom is 0.331 e. The van der Waals surface area contributed by atoms with Crippen molar-refractivity contribution in [3.8, 4) is 0 Å². The highest BCUT2D eigenvalue weighted by Gasteiger charge is 2.06. The van der Waals surface area contributed by atoms with Crippen LogP contribution in [-0.2, 0) is 19.1 Å². The first-order valence-electron chi connectivity index (χ1n) is 9.51. The van der Waals surface area contributed by atoms with E-state index < -0.39 is 11.9 Å². The third-order valence-electron chi connectivity index (χ3n) is 4.17. The molecule has 0 heterocycles. The Bertz CT molecular complexity index is 329. The van der Waals surface area contributed by atoms with Crippen molar-refractivity contribution >= 4 is 11.9 Å². The van der Waals surface area contributed by atoms with Crippen LogP contribution in [-0.4, -0.2) is 25.2 Å². The predicted molar refractivity (Wildman–Crippen MR) is 97.7 cm³/mol. The molecule has 2 atom stereocenters. The second-order valence-corrected chi connectivity index (χ2v) is 6.74. The van der Waals surface area contributed by atoms with Gasteiger partial charge in [0, 0.05) is 12.2 Å². The molecule has 0 aliphatic carbocycles. The van der Waals surface area contributed by atoms with E-state index in [1.807, 2.05) is 0 Å². The lowest BCUT2D eigenvalue weighted by molar-refractivity contribution is -0.140. The van der Waals surface area contributed by atoms with Gasteiger partial charge in [0.1, 0.15) is 0 Å². The van der Waals surface area contributed by atoms with Crippen molar-refractivity contribution in [1.82, 2.24) is 0 Å². The van der Waals surface area contributed by atoms with Crippen LogP contribution in [0.3, 0.4) is 0 Å². The SMILES string of the molecule is CCCC[C@H](C)CCOC(=O)/C=C/C(=O)OCC[C@@H](C)CCCC. The smallest absolute Gasteiger partial charge is 0.331 e. The monoisotopic (exact) mass is 340 g/mol. The highest BCUT2D eigenvalue weighted by atomic mass is 16.5. The molecule has 4 heteroatoms. The summed E-state index contributed by atoms with van der Waals surface area (Å²) >= 11 is 0. The standard InChI is InChI=1S/C20H36O4/c1-5-7-9-17(3)13-15-23-19(21)11-12-20(22)24-16-14-18(4)10-8-6-2/h11-12,17-18H,5-10,13-16H2,1-4H3/b12-11+/t17-,18-/m0/s1. The molecule has 140 valence electrons. The first-order valence-corrected chi connectivity index (χ1v) is 9.51. The first-order chi connectivity index (χ1) is 11.5. The fraction of sp³-hybridized carbons (Fsp3) is 0.800. The molecule has 0 radical (unpaired) electrons. The van der Waals surface area contributed by atoms with Crippen molar-refractivity contribution in [3.05, 3.63) is 12.2 Å². The molecule has 0 aromatic carbocycles. The fourth-order valence-corrected chi connectivity index (χ4v) is 2.35. The maximum atomic E-state index is 11.5. The average molecular weight is 341 g/mol. The number of hydrogen-bond acceptors (Lipinski definition) is 4. The van der Waals surface area contributed by atoms with Gasteiger partial charge in [-0.25, -0.2) is 9.59 Å². The van der Waals surface area contributed by atoms with Crippen molar-refractivity contribution in [2.75, 3.05) is 13.2 Å². The predicted octanol–water partition coefficient (Wildman–Crippen LogP) is 5.06. The van der Waals surface area contributed by atoms with Gasteiger partial charge in [-0.1, -0.05) is 66.2 Å². The lowest BCUT2D eigenvalue weighted by Crippen LogP contribution is -2.09. The second kappa shape index (κ2) is 15.2. The van der Waals surface area contributed by atoms with Gasteiger partial charge in [-0.05, 0) is 24.7 Å². The summed E-state index contributed by atoms with van der Waals surface area (Å²) in [7, 11) is 0. The van der Waals surface area contributed by atoms with Crippen LogP contribution in [0.1, 0.15) is 79.1 Å². The van der Waals surface area contributed by atoms with Gasteiger partial charge in [-0.2, -0.15) is 0 Å². The fourth-order valence-electron chi connectivity index (χ4n) is 2.35. The zero-order chi connectivity index (χ0) is 18.2. The van der Waals surface area contributed by atoms with Gasteiger partial charge >= 0.3 is 11.9 Å². The summed E-state index contributed by atoms with van der Waals surface area (Å²) in [5.41, 5.74) is 0. The normalized spacial score (nSPS) is 13.7. The number of unbranched alkanes of at least 4 members (excludes halogenated alkanes) is 2. The molecule has 0 bridgehead atoms. The largest absolute Gasteiger partial charge is 0.463 e. The zero-order valence-corrected chi connectivity index (χ0v) is 16.0. The molecule has 0 rings (SSSR count). The van der Waals surface area contributed by atoms with Crippen LogP contribution in [0.25, 0.3) is 0 Å². The summed E-state index contributed by atoms with van der Waals surface area (Å²) < 4.78 is 10.2. The zero-order valence-electron chi connectivity index (χ0n) is 16.0. The highest BCUT2D eigenvalue weighted by molar-refractivity contribution is 5.91. The van der Waals surface area contributed by atoms with Gasteiger partial charge in [0.05, 0.1) is 13.2 Å². The molecule has 24 heavy (non-hydrogen) atoms. The van der Waals surface area contributed by atoms with Crippen LogP contribution in [0.15, 0.2) is 12.2 Å². The Morgan fingerprint density at radius 3 is 1.46 bits per heavy atom. The second-order valence-electron chi connectivity index (χ2n) is 6.74.